The van der Waals surface area contributed by atoms with Crippen molar-refractivity contribution in [1.29, 1.82) is 0 Å². The van der Waals surface area contributed by atoms with Gasteiger partial charge in [-0.05, 0) is 60.2 Å². The number of nitrogens with two attached hydrogens (primary N) is 1. The minimum absolute atomic E-state index is 0.102. The van der Waals surface area contributed by atoms with Crippen LogP contribution in [0.1, 0.15) is 40.0 Å². The molecule has 174 valence electrons. The molecular weight excluding hydrogens is 430 g/mol. The summed E-state index contributed by atoms with van der Waals surface area (Å²) in [5.74, 6) is 0.155. The topological polar surface area (TPSA) is 94.8 Å². The average molecular weight is 458 g/mol. The Morgan fingerprint density at radius 2 is 1.94 bits per heavy atom. The fraction of sp³-hybridized carbons (Fsp3) is 0.296. The summed E-state index contributed by atoms with van der Waals surface area (Å²) in [5.41, 5.74) is 10.9. The molecular formula is C27H27N3O4. The highest BCUT2D eigenvalue weighted by Gasteiger charge is 2.32. The third kappa shape index (κ3) is 4.15. The summed E-state index contributed by atoms with van der Waals surface area (Å²) in [5, 5.41) is 0.832. The van der Waals surface area contributed by atoms with Crippen LogP contribution < -0.4 is 10.5 Å². The molecule has 2 N–H and O–H groups in total. The van der Waals surface area contributed by atoms with Gasteiger partial charge in [0.2, 0.25) is 5.91 Å². The van der Waals surface area contributed by atoms with Crippen LogP contribution in [-0.4, -0.2) is 54.6 Å². The molecule has 7 heteroatoms. The van der Waals surface area contributed by atoms with E-state index in [9.17, 15) is 9.59 Å². The highest BCUT2D eigenvalue weighted by molar-refractivity contribution is 6.09. The minimum Gasteiger partial charge on any atom is -0.497 e. The molecule has 0 spiro atoms. The van der Waals surface area contributed by atoms with Crippen LogP contribution >= 0.6 is 0 Å². The summed E-state index contributed by atoms with van der Waals surface area (Å²) >= 11 is 0. The van der Waals surface area contributed by atoms with Crippen molar-refractivity contribution in [3.05, 3.63) is 70.9 Å². The first-order valence-electron chi connectivity index (χ1n) is 11.5. The Balaban J connectivity index is 1.61. The van der Waals surface area contributed by atoms with E-state index < -0.39 is 12.0 Å². The second-order valence-electron chi connectivity index (χ2n) is 8.64. The summed E-state index contributed by atoms with van der Waals surface area (Å²) in [4.78, 5) is 32.2. The van der Waals surface area contributed by atoms with Gasteiger partial charge in [0.1, 0.15) is 5.75 Å². The third-order valence-electron chi connectivity index (χ3n) is 6.51. The lowest BCUT2D eigenvalue weighted by Gasteiger charge is -2.33. The Morgan fingerprint density at radius 3 is 2.71 bits per heavy atom. The molecule has 1 aliphatic carbocycles. The summed E-state index contributed by atoms with van der Waals surface area (Å²) < 4.78 is 10.7. The van der Waals surface area contributed by atoms with Gasteiger partial charge in [-0.25, -0.2) is 4.98 Å². The lowest BCUT2D eigenvalue weighted by Crippen LogP contribution is -2.50. The third-order valence-corrected chi connectivity index (χ3v) is 6.51. The van der Waals surface area contributed by atoms with E-state index in [1.54, 1.807) is 12.0 Å². The number of fused-ring (bicyclic) bond motifs is 2. The van der Waals surface area contributed by atoms with Crippen LogP contribution in [0.2, 0.25) is 0 Å². The van der Waals surface area contributed by atoms with Crippen LogP contribution in [-0.2, 0) is 16.0 Å². The molecule has 7 nitrogen and oxygen atoms in total. The maximum Gasteiger partial charge on any atom is 0.255 e. The molecule has 1 unspecified atom stereocenters. The number of pyridine rings is 1. The predicted octanol–water partition coefficient (Wildman–Crippen LogP) is 3.45. The van der Waals surface area contributed by atoms with Crippen LogP contribution in [0.3, 0.4) is 0 Å². The molecule has 5 rings (SSSR count). The summed E-state index contributed by atoms with van der Waals surface area (Å²) in [6.07, 6.45) is 3.96. The largest absolute Gasteiger partial charge is 0.497 e. The highest BCUT2D eigenvalue weighted by Crippen LogP contribution is 2.37. The lowest BCUT2D eigenvalue weighted by atomic mass is 9.85. The van der Waals surface area contributed by atoms with Crippen molar-refractivity contribution in [2.45, 2.75) is 25.4 Å². The molecule has 34 heavy (non-hydrogen) atoms. The summed E-state index contributed by atoms with van der Waals surface area (Å²) in [6.45, 7) is 0.865. The van der Waals surface area contributed by atoms with Crippen LogP contribution in [0, 0.1) is 0 Å². The van der Waals surface area contributed by atoms with Gasteiger partial charge < -0.3 is 20.1 Å². The fourth-order valence-corrected chi connectivity index (χ4v) is 4.78. The number of nitrogens with zero attached hydrogens (tertiary/aromatic N) is 2. The Hall–Kier alpha value is -3.71. The molecule has 2 aromatic carbocycles. The predicted molar refractivity (Wildman–Crippen MR) is 130 cm³/mol. The van der Waals surface area contributed by atoms with Gasteiger partial charge in [0.25, 0.3) is 5.91 Å². The smallest absolute Gasteiger partial charge is 0.255 e. The second kappa shape index (κ2) is 9.27. The van der Waals surface area contributed by atoms with Gasteiger partial charge in [-0.3, -0.25) is 9.59 Å². The van der Waals surface area contributed by atoms with Crippen LogP contribution in [0.5, 0.6) is 5.75 Å². The first-order valence-corrected chi connectivity index (χ1v) is 11.5. The van der Waals surface area contributed by atoms with Gasteiger partial charge in [-0.1, -0.05) is 30.3 Å². The quantitative estimate of drug-likeness (QED) is 0.648. The van der Waals surface area contributed by atoms with Crippen molar-refractivity contribution < 1.29 is 19.1 Å². The number of methoxy groups -OCH3 is 1. The molecule has 3 aromatic rings. The number of hydrogen-bond donors (Lipinski definition) is 1. The van der Waals surface area contributed by atoms with Gasteiger partial charge >= 0.3 is 0 Å². The zero-order valence-electron chi connectivity index (χ0n) is 19.1. The van der Waals surface area contributed by atoms with E-state index in [-0.39, 0.29) is 19.1 Å². The average Bonchev–Trinajstić information content (AvgIpc) is 2.87. The van der Waals surface area contributed by atoms with Gasteiger partial charge in [-0.15, -0.1) is 0 Å². The Kier molecular flexibility index (Phi) is 6.02. The molecule has 0 saturated carbocycles. The van der Waals surface area contributed by atoms with E-state index in [1.807, 2.05) is 48.5 Å². The Bertz CT molecular complexity index is 1280. The minimum atomic E-state index is -0.785. The van der Waals surface area contributed by atoms with E-state index >= 15 is 0 Å². The maximum atomic E-state index is 13.8. The van der Waals surface area contributed by atoms with E-state index in [0.29, 0.717) is 12.1 Å². The molecule has 1 atom stereocenters. The van der Waals surface area contributed by atoms with Crippen molar-refractivity contribution in [1.82, 2.24) is 9.88 Å². The first-order chi connectivity index (χ1) is 16.5. The van der Waals surface area contributed by atoms with Crippen molar-refractivity contribution in [2.75, 3.05) is 26.8 Å². The Labute approximate surface area is 198 Å². The van der Waals surface area contributed by atoms with E-state index in [4.69, 9.17) is 20.2 Å². The lowest BCUT2D eigenvalue weighted by molar-refractivity contribution is -0.133. The standard InChI is InChI=1S/C27H27N3O4/c1-33-19-11-9-17(10-12-19)15-18-5-4-7-21-24(20-6-2-3-8-22(20)29-25(18)21)27(32)30-13-14-34-23(16-30)26(28)31/h2-3,6,8-12,15,23H,4-5,7,13-14,16H2,1H3,(H2,28,31)/b18-15+. The molecule has 1 fully saturated rings. The highest BCUT2D eigenvalue weighted by atomic mass is 16.5. The van der Waals surface area contributed by atoms with Crippen LogP contribution in [0.25, 0.3) is 22.6 Å². The number of primary amides is 1. The summed E-state index contributed by atoms with van der Waals surface area (Å²) in [7, 11) is 1.65. The molecule has 1 saturated heterocycles. The zero-order valence-corrected chi connectivity index (χ0v) is 19.1. The number of rotatable bonds is 4. The number of carbonyl (C=O) groups is 2. The number of carbonyl (C=O) groups excluding carboxylic acids is 2. The van der Waals surface area contributed by atoms with Gasteiger partial charge in [-0.2, -0.15) is 0 Å². The van der Waals surface area contributed by atoms with Crippen molar-refractivity contribution in [2.24, 2.45) is 5.73 Å². The van der Waals surface area contributed by atoms with Gasteiger partial charge in [0.05, 0.1) is 37.0 Å². The number of aromatic nitrogens is 1. The molecule has 0 bridgehead atoms. The number of amides is 2. The zero-order chi connectivity index (χ0) is 23.7. The van der Waals surface area contributed by atoms with Gasteiger partial charge in [0.15, 0.2) is 6.10 Å². The number of hydrogen-bond acceptors (Lipinski definition) is 5. The van der Waals surface area contributed by atoms with Crippen LogP contribution in [0.15, 0.2) is 48.5 Å². The van der Waals surface area contributed by atoms with Crippen molar-refractivity contribution in [3.63, 3.8) is 0 Å². The second-order valence-corrected chi connectivity index (χ2v) is 8.64. The van der Waals surface area contributed by atoms with Crippen LogP contribution in [0.4, 0.5) is 0 Å². The molecule has 2 heterocycles. The number of morpholine rings is 1. The van der Waals surface area contributed by atoms with E-state index in [2.05, 4.69) is 6.08 Å². The van der Waals surface area contributed by atoms with Gasteiger partial charge in [0, 0.05) is 11.9 Å². The molecule has 1 aromatic heterocycles. The molecule has 1 aliphatic heterocycles. The maximum absolute atomic E-state index is 13.8. The normalized spacial score (nSPS) is 19.1. The molecule has 0 radical (unpaired) electrons. The van der Waals surface area contributed by atoms with Crippen molar-refractivity contribution >= 4 is 34.4 Å². The number of benzene rings is 2. The van der Waals surface area contributed by atoms with E-state index in [0.717, 1.165) is 58.3 Å². The first kappa shape index (κ1) is 22.1. The molecule has 2 aliphatic rings. The summed E-state index contributed by atoms with van der Waals surface area (Å²) in [6, 6.07) is 15.7. The van der Waals surface area contributed by atoms with Crippen molar-refractivity contribution in [3.8, 4) is 5.75 Å². The fourth-order valence-electron chi connectivity index (χ4n) is 4.78. The number of para-hydroxylation sites is 1. The Morgan fingerprint density at radius 1 is 1.15 bits per heavy atom. The SMILES string of the molecule is COc1ccc(/C=C2\CCCc3c2nc2ccccc2c3C(=O)N2CCOC(C(N)=O)C2)cc1. The monoisotopic (exact) mass is 457 g/mol. The number of allylic oxidation sites excluding steroid dienone is 1. The molecule has 2 amide bonds. The van der Waals surface area contributed by atoms with E-state index in [1.165, 1.54) is 0 Å². The number of ether oxygens (including phenoxy) is 2.